The van der Waals surface area contributed by atoms with E-state index in [4.69, 9.17) is 0 Å². The van der Waals surface area contributed by atoms with Gasteiger partial charge in [-0.2, -0.15) is 0 Å². The second kappa shape index (κ2) is 8.00. The summed E-state index contributed by atoms with van der Waals surface area (Å²) >= 11 is 1.50. The van der Waals surface area contributed by atoms with E-state index in [1.807, 2.05) is 31.3 Å². The van der Waals surface area contributed by atoms with Crippen LogP contribution in [0, 0.1) is 0 Å². The summed E-state index contributed by atoms with van der Waals surface area (Å²) in [6, 6.07) is 7.63. The summed E-state index contributed by atoms with van der Waals surface area (Å²) in [6.07, 6.45) is 2.50. The quantitative estimate of drug-likeness (QED) is 0.799. The lowest BCUT2D eigenvalue weighted by atomic mass is 10.1. The fourth-order valence-electron chi connectivity index (χ4n) is 3.07. The zero-order chi connectivity index (χ0) is 18.7. The molecular weight excluding hydrogens is 370 g/mol. The van der Waals surface area contributed by atoms with E-state index in [-0.39, 0.29) is 28.7 Å². The molecule has 1 amide bonds. The van der Waals surface area contributed by atoms with Crippen LogP contribution in [0.25, 0.3) is 0 Å². The van der Waals surface area contributed by atoms with Crippen LogP contribution in [0.1, 0.15) is 25.3 Å². The maximum atomic E-state index is 12.2. The molecule has 0 radical (unpaired) electrons. The molecule has 0 spiro atoms. The minimum atomic E-state index is -2.92. The molecule has 2 unspecified atom stereocenters. The SMILES string of the molecule is CCCCN(C)C(=O)Cc1ccc(NC2=NC3CS(=O)(=O)CC3S2)cc1. The molecule has 1 N–H and O–H groups in total. The molecule has 0 saturated carbocycles. The number of hydrogen-bond donors (Lipinski definition) is 1. The Kier molecular flexibility index (Phi) is 5.92. The average Bonchev–Trinajstić information content (AvgIpc) is 3.06. The van der Waals surface area contributed by atoms with Crippen molar-refractivity contribution < 1.29 is 13.2 Å². The third-order valence-corrected chi connectivity index (χ3v) is 7.79. The third-order valence-electron chi connectivity index (χ3n) is 4.65. The number of sulfone groups is 1. The molecule has 2 aliphatic heterocycles. The van der Waals surface area contributed by atoms with Gasteiger partial charge in [-0.15, -0.1) is 0 Å². The molecule has 1 aromatic rings. The van der Waals surface area contributed by atoms with E-state index in [0.29, 0.717) is 6.42 Å². The van der Waals surface area contributed by atoms with Gasteiger partial charge in [-0.3, -0.25) is 9.79 Å². The van der Waals surface area contributed by atoms with Crippen LogP contribution >= 0.6 is 11.8 Å². The highest BCUT2D eigenvalue weighted by molar-refractivity contribution is 8.15. The highest BCUT2D eigenvalue weighted by Crippen LogP contribution is 2.34. The Morgan fingerprint density at radius 1 is 1.31 bits per heavy atom. The van der Waals surface area contributed by atoms with Crippen LogP contribution in [0.3, 0.4) is 0 Å². The number of nitrogens with one attached hydrogen (secondary N) is 1. The summed E-state index contributed by atoms with van der Waals surface area (Å²) < 4.78 is 23.2. The predicted octanol–water partition coefficient (Wildman–Crippen LogP) is 2.17. The Hall–Kier alpha value is -1.54. The molecule has 2 atom stereocenters. The Morgan fingerprint density at radius 2 is 2.04 bits per heavy atom. The molecular formula is C18H25N3O3S2. The number of amides is 1. The molecule has 0 aromatic heterocycles. The van der Waals surface area contributed by atoms with Crippen LogP contribution in [0.4, 0.5) is 5.69 Å². The summed E-state index contributed by atoms with van der Waals surface area (Å²) in [5.41, 5.74) is 1.88. The monoisotopic (exact) mass is 395 g/mol. The van der Waals surface area contributed by atoms with Crippen LogP contribution in [0.15, 0.2) is 29.3 Å². The van der Waals surface area contributed by atoms with Crippen LogP contribution in [-0.2, 0) is 21.1 Å². The van der Waals surface area contributed by atoms with Crippen LogP contribution in [0.2, 0.25) is 0 Å². The van der Waals surface area contributed by atoms with E-state index in [0.717, 1.165) is 35.8 Å². The summed E-state index contributed by atoms with van der Waals surface area (Å²) in [5.74, 6) is 0.496. The van der Waals surface area contributed by atoms with Crippen molar-refractivity contribution in [1.29, 1.82) is 0 Å². The first kappa shape index (κ1) is 19.2. The number of nitrogens with zero attached hydrogens (tertiary/aromatic N) is 2. The molecule has 1 fully saturated rings. The lowest BCUT2D eigenvalue weighted by molar-refractivity contribution is -0.129. The molecule has 0 aliphatic carbocycles. The summed E-state index contributed by atoms with van der Waals surface area (Å²) in [4.78, 5) is 18.5. The maximum absolute atomic E-state index is 12.2. The summed E-state index contributed by atoms with van der Waals surface area (Å²) in [6.45, 7) is 2.91. The van der Waals surface area contributed by atoms with E-state index < -0.39 is 9.84 Å². The normalized spacial score (nSPS) is 23.4. The first-order valence-electron chi connectivity index (χ1n) is 8.91. The van der Waals surface area contributed by atoms with E-state index >= 15 is 0 Å². The molecule has 1 saturated heterocycles. The molecule has 0 bridgehead atoms. The minimum absolute atomic E-state index is 0.0399. The second-order valence-corrected chi connectivity index (χ2v) is 10.3. The molecule has 2 heterocycles. The highest BCUT2D eigenvalue weighted by atomic mass is 32.2. The Balaban J connectivity index is 1.53. The van der Waals surface area contributed by atoms with Gasteiger partial charge in [-0.1, -0.05) is 37.2 Å². The van der Waals surface area contributed by atoms with Crippen LogP contribution < -0.4 is 5.32 Å². The fourth-order valence-corrected chi connectivity index (χ4v) is 6.75. The molecule has 8 heteroatoms. The lowest BCUT2D eigenvalue weighted by Crippen LogP contribution is -2.29. The molecule has 1 aromatic carbocycles. The number of unbranched alkanes of at least 4 members (excludes halogenated alkanes) is 1. The van der Waals surface area contributed by atoms with Crippen molar-refractivity contribution in [2.24, 2.45) is 4.99 Å². The van der Waals surface area contributed by atoms with Gasteiger partial charge in [0.1, 0.15) is 0 Å². The number of carbonyl (C=O) groups is 1. The molecule has 26 heavy (non-hydrogen) atoms. The molecule has 3 rings (SSSR count). The van der Waals surface area contributed by atoms with Crippen molar-refractivity contribution in [3.63, 3.8) is 0 Å². The summed E-state index contributed by atoms with van der Waals surface area (Å²) in [5, 5.41) is 4.07. The number of aliphatic imine (C=N–C) groups is 1. The van der Waals surface area contributed by atoms with Gasteiger partial charge >= 0.3 is 0 Å². The van der Waals surface area contributed by atoms with Gasteiger partial charge < -0.3 is 10.2 Å². The zero-order valence-corrected chi connectivity index (χ0v) is 16.8. The van der Waals surface area contributed by atoms with Crippen molar-refractivity contribution in [3.05, 3.63) is 29.8 Å². The Labute approximate surface area is 159 Å². The highest BCUT2D eigenvalue weighted by Gasteiger charge is 2.42. The van der Waals surface area contributed by atoms with Gasteiger partial charge in [-0.05, 0) is 24.1 Å². The van der Waals surface area contributed by atoms with Gasteiger partial charge in [-0.25, -0.2) is 8.42 Å². The fraction of sp³-hybridized carbons (Fsp3) is 0.556. The number of thioether (sulfide) groups is 1. The number of rotatable bonds is 6. The number of amidine groups is 1. The van der Waals surface area contributed by atoms with Gasteiger partial charge in [0.15, 0.2) is 15.0 Å². The van der Waals surface area contributed by atoms with Crippen molar-refractivity contribution in [2.45, 2.75) is 37.5 Å². The van der Waals surface area contributed by atoms with Crippen LogP contribution in [-0.4, -0.2) is 60.8 Å². The van der Waals surface area contributed by atoms with E-state index in [1.165, 1.54) is 11.8 Å². The van der Waals surface area contributed by atoms with Gasteiger partial charge in [0.25, 0.3) is 0 Å². The first-order chi connectivity index (χ1) is 12.4. The number of hydrogen-bond acceptors (Lipinski definition) is 6. The largest absolute Gasteiger partial charge is 0.345 e. The van der Waals surface area contributed by atoms with E-state index in [1.54, 1.807) is 4.90 Å². The van der Waals surface area contributed by atoms with Crippen molar-refractivity contribution in [1.82, 2.24) is 4.90 Å². The Morgan fingerprint density at radius 3 is 2.69 bits per heavy atom. The lowest BCUT2D eigenvalue weighted by Gasteiger charge is -2.16. The topological polar surface area (TPSA) is 78.8 Å². The van der Waals surface area contributed by atoms with Crippen LogP contribution in [0.5, 0.6) is 0 Å². The van der Waals surface area contributed by atoms with Gasteiger partial charge in [0.2, 0.25) is 5.91 Å². The zero-order valence-electron chi connectivity index (χ0n) is 15.1. The standard InChI is InChI=1S/C18H25N3O3S2/c1-3-4-9-21(2)17(22)10-13-5-7-14(8-6-13)19-18-20-15-11-26(23,24)12-16(15)25-18/h5-8,15-16H,3-4,9-12H2,1-2H3,(H,19,20). The molecule has 6 nitrogen and oxygen atoms in total. The molecule has 2 aliphatic rings. The van der Waals surface area contributed by atoms with E-state index in [2.05, 4.69) is 17.2 Å². The van der Waals surface area contributed by atoms with Gasteiger partial charge in [0, 0.05) is 24.5 Å². The van der Waals surface area contributed by atoms with Gasteiger partial charge in [0.05, 0.1) is 24.0 Å². The average molecular weight is 396 g/mol. The third kappa shape index (κ3) is 4.79. The number of fused-ring (bicyclic) bond motifs is 1. The van der Waals surface area contributed by atoms with Crippen molar-refractivity contribution >= 4 is 38.4 Å². The minimum Gasteiger partial charge on any atom is -0.345 e. The van der Waals surface area contributed by atoms with Crippen molar-refractivity contribution in [2.75, 3.05) is 30.4 Å². The first-order valence-corrected chi connectivity index (χ1v) is 11.6. The van der Waals surface area contributed by atoms with Crippen molar-refractivity contribution in [3.8, 4) is 0 Å². The number of anilines is 1. The number of benzene rings is 1. The second-order valence-electron chi connectivity index (χ2n) is 6.90. The number of carbonyl (C=O) groups excluding carboxylic acids is 1. The number of likely N-dealkylation sites (N-methyl/N-ethyl adjacent to an activating group) is 1. The molecule has 142 valence electrons. The Bertz CT molecular complexity index is 790. The predicted molar refractivity (Wildman–Crippen MR) is 108 cm³/mol. The smallest absolute Gasteiger partial charge is 0.226 e. The summed E-state index contributed by atoms with van der Waals surface area (Å²) in [7, 11) is -1.08. The van der Waals surface area contributed by atoms with E-state index in [9.17, 15) is 13.2 Å². The maximum Gasteiger partial charge on any atom is 0.226 e.